The molecule has 0 aliphatic heterocycles. The van der Waals surface area contributed by atoms with Crippen LogP contribution in [0.4, 0.5) is 18.9 Å². The summed E-state index contributed by atoms with van der Waals surface area (Å²) in [5.41, 5.74) is 1.41. The molecule has 216 valence electrons. The molecular weight excluding hydrogens is 559 g/mol. The van der Waals surface area contributed by atoms with Crippen LogP contribution < -0.4 is 10.1 Å². The van der Waals surface area contributed by atoms with Crippen molar-refractivity contribution >= 4 is 21.4 Å². The van der Waals surface area contributed by atoms with Crippen LogP contribution in [0.15, 0.2) is 65.8 Å². The second-order valence-electron chi connectivity index (χ2n) is 9.28. The van der Waals surface area contributed by atoms with Crippen LogP contribution in [-0.4, -0.2) is 46.9 Å². The van der Waals surface area contributed by atoms with Gasteiger partial charge < -0.3 is 10.1 Å². The van der Waals surface area contributed by atoms with Crippen LogP contribution in [-0.2, 0) is 27.4 Å². The van der Waals surface area contributed by atoms with Crippen molar-refractivity contribution in [3.8, 4) is 17.0 Å². The minimum atomic E-state index is -4.91. The van der Waals surface area contributed by atoms with Gasteiger partial charge in [0, 0.05) is 12.0 Å². The molecule has 4 aromatic rings. The second kappa shape index (κ2) is 12.1. The monoisotopic (exact) mass is 587 g/mol. The molecule has 1 amide bonds. The van der Waals surface area contributed by atoms with Crippen molar-refractivity contribution in [2.45, 2.75) is 44.6 Å². The van der Waals surface area contributed by atoms with Crippen molar-refractivity contribution in [1.82, 2.24) is 19.7 Å². The number of anilines is 1. The number of hydrogen-bond acceptors (Lipinski definition) is 7. The molecule has 2 aromatic carbocycles. The third-order valence-electron chi connectivity index (χ3n) is 6.30. The van der Waals surface area contributed by atoms with Gasteiger partial charge in [0.05, 0.1) is 42.2 Å². The topological polar surface area (TPSA) is 116 Å². The Balaban J connectivity index is 1.47. The number of para-hydroxylation sites is 1. The van der Waals surface area contributed by atoms with Crippen molar-refractivity contribution in [2.24, 2.45) is 0 Å². The molecule has 0 unspecified atom stereocenters. The van der Waals surface area contributed by atoms with Crippen LogP contribution in [0.25, 0.3) is 11.3 Å². The highest BCUT2D eigenvalue weighted by Gasteiger charge is 2.35. The number of alkyl halides is 3. The van der Waals surface area contributed by atoms with Crippen molar-refractivity contribution in [3.63, 3.8) is 0 Å². The fourth-order valence-electron chi connectivity index (χ4n) is 4.21. The van der Waals surface area contributed by atoms with E-state index in [9.17, 15) is 26.4 Å². The van der Waals surface area contributed by atoms with Crippen molar-refractivity contribution in [2.75, 3.05) is 18.2 Å². The van der Waals surface area contributed by atoms with Gasteiger partial charge >= 0.3 is 6.18 Å². The van der Waals surface area contributed by atoms with Crippen LogP contribution >= 0.6 is 0 Å². The Bertz CT molecular complexity index is 1660. The number of nitrogens with zero attached hydrogens (tertiary/aromatic N) is 4. The number of methoxy groups -OCH3 is 1. The van der Waals surface area contributed by atoms with E-state index in [-0.39, 0.29) is 29.8 Å². The van der Waals surface area contributed by atoms with Gasteiger partial charge in [-0.05, 0) is 44.0 Å². The van der Waals surface area contributed by atoms with E-state index in [1.54, 1.807) is 23.7 Å². The molecule has 0 fully saturated rings. The molecule has 0 spiro atoms. The average molecular weight is 588 g/mol. The number of aryl methyl sites for hydroxylation is 1. The van der Waals surface area contributed by atoms with Gasteiger partial charge in [0.15, 0.2) is 0 Å². The normalized spacial score (nSPS) is 11.9. The standard InChI is InChI=1S/C28H28F3N5O4S/c1-18-26(19(2)36(35-18)17-20-10-5-4-6-11-20)34-25(37)14-9-15-41(38,39)27-32-22(16-24(33-27)28(29,30)31)21-12-7-8-13-23(21)40-3/h4-8,10-13,16H,9,14-15,17H2,1-3H3,(H,34,37). The van der Waals surface area contributed by atoms with E-state index in [0.717, 1.165) is 11.3 Å². The number of rotatable bonds is 10. The zero-order chi connectivity index (χ0) is 29.8. The predicted molar refractivity (Wildman–Crippen MR) is 146 cm³/mol. The SMILES string of the molecule is COc1ccccc1-c1cc(C(F)(F)F)nc(S(=O)(=O)CCCC(=O)Nc2c(C)nn(Cc3ccccc3)c2C)n1. The second-order valence-corrected chi connectivity index (χ2v) is 11.3. The molecule has 2 heterocycles. The summed E-state index contributed by atoms with van der Waals surface area (Å²) in [6, 6.07) is 16.5. The Hall–Kier alpha value is -4.26. The number of hydrogen-bond donors (Lipinski definition) is 1. The highest BCUT2D eigenvalue weighted by molar-refractivity contribution is 7.91. The minimum Gasteiger partial charge on any atom is -0.496 e. The van der Waals surface area contributed by atoms with E-state index in [1.807, 2.05) is 37.3 Å². The van der Waals surface area contributed by atoms with Gasteiger partial charge in [-0.25, -0.2) is 18.4 Å². The van der Waals surface area contributed by atoms with Crippen LogP contribution in [0.1, 0.15) is 35.5 Å². The van der Waals surface area contributed by atoms with Crippen molar-refractivity contribution in [1.29, 1.82) is 0 Å². The maximum absolute atomic E-state index is 13.6. The Morgan fingerprint density at radius 3 is 2.39 bits per heavy atom. The number of carbonyl (C=O) groups excluding carboxylic acids is 1. The molecule has 13 heteroatoms. The Morgan fingerprint density at radius 2 is 1.71 bits per heavy atom. The number of nitrogens with one attached hydrogen (secondary N) is 1. The van der Waals surface area contributed by atoms with Gasteiger partial charge in [-0.15, -0.1) is 0 Å². The average Bonchev–Trinajstić information content (AvgIpc) is 3.19. The van der Waals surface area contributed by atoms with Crippen molar-refractivity contribution < 1.29 is 31.1 Å². The number of amides is 1. The van der Waals surface area contributed by atoms with Gasteiger partial charge in [0.1, 0.15) is 11.4 Å². The lowest BCUT2D eigenvalue weighted by molar-refractivity contribution is -0.141. The number of ether oxygens (including phenoxy) is 1. The molecule has 9 nitrogen and oxygen atoms in total. The first-order valence-electron chi connectivity index (χ1n) is 12.6. The molecule has 1 N–H and O–H groups in total. The van der Waals surface area contributed by atoms with E-state index in [1.165, 1.54) is 19.2 Å². The predicted octanol–water partition coefficient (Wildman–Crippen LogP) is 5.23. The lowest BCUT2D eigenvalue weighted by Crippen LogP contribution is -2.18. The van der Waals surface area contributed by atoms with E-state index < -0.39 is 38.5 Å². The van der Waals surface area contributed by atoms with E-state index in [4.69, 9.17) is 4.74 Å². The molecule has 0 atom stereocenters. The number of carbonyl (C=O) groups is 1. The van der Waals surface area contributed by atoms with Gasteiger partial charge in [0.25, 0.3) is 0 Å². The van der Waals surface area contributed by atoms with Crippen LogP contribution in [0.2, 0.25) is 0 Å². The molecule has 0 saturated heterocycles. The highest BCUT2D eigenvalue weighted by Crippen LogP contribution is 2.34. The van der Waals surface area contributed by atoms with Gasteiger partial charge in [-0.1, -0.05) is 42.5 Å². The zero-order valence-electron chi connectivity index (χ0n) is 22.6. The summed E-state index contributed by atoms with van der Waals surface area (Å²) < 4.78 is 73.8. The lowest BCUT2D eigenvalue weighted by atomic mass is 10.1. The summed E-state index contributed by atoms with van der Waals surface area (Å²) in [5, 5.41) is 6.28. The fraction of sp³-hybridized carbons (Fsp3) is 0.286. The van der Waals surface area contributed by atoms with Gasteiger partial charge in [0.2, 0.25) is 20.9 Å². The first-order valence-corrected chi connectivity index (χ1v) is 14.2. The van der Waals surface area contributed by atoms with Crippen molar-refractivity contribution in [3.05, 3.63) is 83.3 Å². The Morgan fingerprint density at radius 1 is 1.02 bits per heavy atom. The first kappa shape index (κ1) is 29.7. The third kappa shape index (κ3) is 7.09. The van der Waals surface area contributed by atoms with Crippen LogP contribution in [0.5, 0.6) is 5.75 Å². The summed E-state index contributed by atoms with van der Waals surface area (Å²) in [7, 11) is -3.03. The Labute approximate surface area is 235 Å². The molecule has 0 bridgehead atoms. The summed E-state index contributed by atoms with van der Waals surface area (Å²) in [6.45, 7) is 4.07. The molecule has 41 heavy (non-hydrogen) atoms. The third-order valence-corrected chi connectivity index (χ3v) is 7.86. The van der Waals surface area contributed by atoms with Gasteiger partial charge in [-0.3, -0.25) is 9.48 Å². The van der Waals surface area contributed by atoms with E-state index >= 15 is 0 Å². The quantitative estimate of drug-likeness (QED) is 0.253. The van der Waals surface area contributed by atoms with E-state index in [2.05, 4.69) is 20.4 Å². The summed E-state index contributed by atoms with van der Waals surface area (Å²) in [5.74, 6) is -0.861. The van der Waals surface area contributed by atoms with Gasteiger partial charge in [-0.2, -0.15) is 18.3 Å². The zero-order valence-corrected chi connectivity index (χ0v) is 23.4. The maximum Gasteiger partial charge on any atom is 0.433 e. The first-order chi connectivity index (χ1) is 19.4. The molecule has 0 saturated carbocycles. The van der Waals surface area contributed by atoms with Crippen LogP contribution in [0, 0.1) is 13.8 Å². The number of sulfone groups is 1. The maximum atomic E-state index is 13.6. The lowest BCUT2D eigenvalue weighted by Gasteiger charge is -2.13. The van der Waals surface area contributed by atoms with Crippen LogP contribution in [0.3, 0.4) is 0 Å². The number of halogens is 3. The molecular formula is C28H28F3N5O4S. The van der Waals surface area contributed by atoms with E-state index in [0.29, 0.717) is 24.0 Å². The summed E-state index contributed by atoms with van der Waals surface area (Å²) >= 11 is 0. The smallest absolute Gasteiger partial charge is 0.433 e. The minimum absolute atomic E-state index is 0.159. The highest BCUT2D eigenvalue weighted by atomic mass is 32.2. The molecule has 0 radical (unpaired) electrons. The molecule has 0 aliphatic rings. The number of benzene rings is 2. The molecule has 0 aliphatic carbocycles. The molecule has 4 rings (SSSR count). The largest absolute Gasteiger partial charge is 0.496 e. The Kier molecular flexibility index (Phi) is 8.76. The fourth-order valence-corrected chi connectivity index (χ4v) is 5.39. The summed E-state index contributed by atoms with van der Waals surface area (Å²) in [6.07, 6.45) is -5.27. The molecule has 2 aromatic heterocycles. The summed E-state index contributed by atoms with van der Waals surface area (Å²) in [4.78, 5) is 19.9. The number of aromatic nitrogens is 4.